The lowest BCUT2D eigenvalue weighted by atomic mass is 9.96. The number of hydrogen-bond acceptors (Lipinski definition) is 6. The fourth-order valence-corrected chi connectivity index (χ4v) is 4.37. The molecule has 0 aromatic heterocycles. The standard InChI is InChI=1S/C16H16O3.C14H19NO2/c1-18-16(19-2,14-11-7-4-8-12-14)15(17)13-9-5-3-6-10-13;1-2-13(15-8-10-17-11-9-15)14(16)12-6-4-3-5-7-12/h3-12H,1-2H3;3-7,13H,2,8-11H2,1H3. The Bertz CT molecular complexity index is 1060. The second kappa shape index (κ2) is 13.8. The van der Waals surface area contributed by atoms with E-state index in [-0.39, 0.29) is 17.6 Å². The summed E-state index contributed by atoms with van der Waals surface area (Å²) in [5.41, 5.74) is 2.04. The number of Topliss-reactive ketones (excluding diaryl/α,β-unsaturated/α-hetero) is 2. The number of methoxy groups -OCH3 is 2. The highest BCUT2D eigenvalue weighted by atomic mass is 16.7. The Hall–Kier alpha value is -3.16. The lowest BCUT2D eigenvalue weighted by molar-refractivity contribution is -0.176. The van der Waals surface area contributed by atoms with E-state index in [0.717, 1.165) is 38.3 Å². The fourth-order valence-electron chi connectivity index (χ4n) is 4.37. The van der Waals surface area contributed by atoms with Crippen molar-refractivity contribution in [2.45, 2.75) is 25.2 Å². The number of carbonyl (C=O) groups excluding carboxylic acids is 2. The van der Waals surface area contributed by atoms with Crippen LogP contribution in [-0.2, 0) is 20.0 Å². The molecule has 1 heterocycles. The van der Waals surface area contributed by atoms with Crippen molar-refractivity contribution in [3.05, 3.63) is 108 Å². The first-order valence-corrected chi connectivity index (χ1v) is 12.2. The second-order valence-electron chi connectivity index (χ2n) is 8.39. The molecule has 1 atom stereocenters. The van der Waals surface area contributed by atoms with Crippen LogP contribution >= 0.6 is 0 Å². The van der Waals surface area contributed by atoms with Gasteiger partial charge in [0.15, 0.2) is 5.78 Å². The summed E-state index contributed by atoms with van der Waals surface area (Å²) >= 11 is 0. The van der Waals surface area contributed by atoms with E-state index in [4.69, 9.17) is 14.2 Å². The minimum Gasteiger partial charge on any atom is -0.379 e. The van der Waals surface area contributed by atoms with Crippen molar-refractivity contribution in [2.24, 2.45) is 0 Å². The van der Waals surface area contributed by atoms with Gasteiger partial charge in [0.1, 0.15) is 0 Å². The minimum absolute atomic E-state index is 0.00120. The van der Waals surface area contributed by atoms with Crippen molar-refractivity contribution >= 4 is 11.6 Å². The molecule has 1 aliphatic rings. The van der Waals surface area contributed by atoms with Gasteiger partial charge in [-0.25, -0.2) is 0 Å². The lowest BCUT2D eigenvalue weighted by Gasteiger charge is -2.33. The molecule has 0 radical (unpaired) electrons. The Morgan fingerprint density at radius 1 is 0.806 bits per heavy atom. The number of hydrogen-bond donors (Lipinski definition) is 0. The third-order valence-corrected chi connectivity index (χ3v) is 6.30. The molecule has 6 heteroatoms. The number of ketones is 2. The molecule has 0 amide bonds. The van der Waals surface area contributed by atoms with Crippen molar-refractivity contribution in [3.63, 3.8) is 0 Å². The molecule has 6 nitrogen and oxygen atoms in total. The van der Waals surface area contributed by atoms with Crippen molar-refractivity contribution in [3.8, 4) is 0 Å². The van der Waals surface area contributed by atoms with Gasteiger partial charge in [-0.1, -0.05) is 97.9 Å². The van der Waals surface area contributed by atoms with Crippen LogP contribution in [-0.4, -0.2) is 63.0 Å². The van der Waals surface area contributed by atoms with Gasteiger partial charge in [0.2, 0.25) is 5.78 Å². The summed E-state index contributed by atoms with van der Waals surface area (Å²) in [7, 11) is 2.94. The van der Waals surface area contributed by atoms with Gasteiger partial charge >= 0.3 is 0 Å². The predicted octanol–water partition coefficient (Wildman–Crippen LogP) is 5.00. The number of morpholine rings is 1. The van der Waals surface area contributed by atoms with Gasteiger partial charge in [0, 0.05) is 44.0 Å². The maximum absolute atomic E-state index is 12.7. The highest BCUT2D eigenvalue weighted by Gasteiger charge is 2.41. The summed E-state index contributed by atoms with van der Waals surface area (Å²) in [6.45, 7) is 5.26. The van der Waals surface area contributed by atoms with E-state index in [1.807, 2.05) is 78.9 Å². The SMILES string of the molecule is CCC(C(=O)c1ccccc1)N1CCOCC1.COC(OC)(C(=O)c1ccccc1)c1ccccc1. The molecule has 0 aliphatic carbocycles. The van der Waals surface area contributed by atoms with E-state index >= 15 is 0 Å². The molecule has 1 fully saturated rings. The summed E-state index contributed by atoms with van der Waals surface area (Å²) in [5.74, 6) is -1.39. The van der Waals surface area contributed by atoms with Crippen LogP contribution < -0.4 is 0 Å². The Kier molecular flexibility index (Phi) is 10.5. The third-order valence-electron chi connectivity index (χ3n) is 6.30. The van der Waals surface area contributed by atoms with Crippen molar-refractivity contribution in [1.29, 1.82) is 0 Å². The van der Waals surface area contributed by atoms with Gasteiger partial charge in [0.25, 0.3) is 5.79 Å². The van der Waals surface area contributed by atoms with E-state index in [0.29, 0.717) is 11.1 Å². The Labute approximate surface area is 213 Å². The minimum atomic E-state index is -1.40. The first kappa shape index (κ1) is 27.4. The van der Waals surface area contributed by atoms with Crippen molar-refractivity contribution in [2.75, 3.05) is 40.5 Å². The molecule has 1 saturated heterocycles. The zero-order chi connectivity index (χ0) is 25.8. The third kappa shape index (κ3) is 6.53. The topological polar surface area (TPSA) is 65.1 Å². The number of benzene rings is 3. The lowest BCUT2D eigenvalue weighted by Crippen LogP contribution is -2.47. The van der Waals surface area contributed by atoms with E-state index in [9.17, 15) is 9.59 Å². The highest BCUT2D eigenvalue weighted by Crippen LogP contribution is 2.30. The molecule has 0 bridgehead atoms. The zero-order valence-corrected chi connectivity index (χ0v) is 21.3. The average molecular weight is 490 g/mol. The molecular formula is C30H35NO5. The van der Waals surface area contributed by atoms with Crippen LogP contribution in [0.4, 0.5) is 0 Å². The molecule has 4 rings (SSSR count). The van der Waals surface area contributed by atoms with E-state index in [1.54, 1.807) is 12.1 Å². The Balaban J connectivity index is 0.000000202. The molecule has 0 spiro atoms. The molecule has 3 aromatic carbocycles. The highest BCUT2D eigenvalue weighted by molar-refractivity contribution is 6.02. The first-order valence-electron chi connectivity index (χ1n) is 12.2. The Morgan fingerprint density at radius 3 is 1.75 bits per heavy atom. The fraction of sp³-hybridized carbons (Fsp3) is 0.333. The van der Waals surface area contributed by atoms with Crippen LogP contribution in [0, 0.1) is 0 Å². The zero-order valence-electron chi connectivity index (χ0n) is 21.3. The van der Waals surface area contributed by atoms with E-state index < -0.39 is 5.79 Å². The van der Waals surface area contributed by atoms with Gasteiger partial charge in [-0.15, -0.1) is 0 Å². The summed E-state index contributed by atoms with van der Waals surface area (Å²) in [5, 5.41) is 0. The molecule has 1 unspecified atom stereocenters. The number of rotatable bonds is 9. The summed E-state index contributed by atoms with van der Waals surface area (Å²) in [6.07, 6.45) is 0.855. The second-order valence-corrected chi connectivity index (χ2v) is 8.39. The molecule has 0 N–H and O–H groups in total. The summed E-state index contributed by atoms with van der Waals surface area (Å²) < 4.78 is 16.2. The molecule has 36 heavy (non-hydrogen) atoms. The monoisotopic (exact) mass is 489 g/mol. The van der Waals surface area contributed by atoms with Crippen molar-refractivity contribution in [1.82, 2.24) is 4.90 Å². The number of carbonyl (C=O) groups is 2. The largest absolute Gasteiger partial charge is 0.379 e. The van der Waals surface area contributed by atoms with Gasteiger partial charge in [-0.3, -0.25) is 14.5 Å². The molecule has 3 aromatic rings. The molecular weight excluding hydrogens is 454 g/mol. The maximum atomic E-state index is 12.7. The van der Waals surface area contributed by atoms with Crippen LogP contribution in [0.3, 0.4) is 0 Å². The van der Waals surface area contributed by atoms with Gasteiger partial charge < -0.3 is 14.2 Å². The molecule has 1 aliphatic heterocycles. The van der Waals surface area contributed by atoms with Gasteiger partial charge in [0.05, 0.1) is 19.3 Å². The van der Waals surface area contributed by atoms with Crippen molar-refractivity contribution < 1.29 is 23.8 Å². The van der Waals surface area contributed by atoms with Crippen LogP contribution in [0.15, 0.2) is 91.0 Å². The molecule has 0 saturated carbocycles. The Morgan fingerprint density at radius 2 is 1.28 bits per heavy atom. The average Bonchev–Trinajstić information content (AvgIpc) is 2.97. The quantitative estimate of drug-likeness (QED) is 0.312. The predicted molar refractivity (Wildman–Crippen MR) is 140 cm³/mol. The molecule has 190 valence electrons. The van der Waals surface area contributed by atoms with Gasteiger partial charge in [-0.05, 0) is 6.42 Å². The van der Waals surface area contributed by atoms with Crippen LogP contribution in [0.1, 0.15) is 39.6 Å². The summed E-state index contributed by atoms with van der Waals surface area (Å²) in [6, 6.07) is 27.7. The van der Waals surface area contributed by atoms with Crippen LogP contribution in [0.25, 0.3) is 0 Å². The van der Waals surface area contributed by atoms with E-state index in [2.05, 4.69) is 11.8 Å². The number of ether oxygens (including phenoxy) is 3. The smallest absolute Gasteiger partial charge is 0.260 e. The number of nitrogens with zero attached hydrogens (tertiary/aromatic N) is 1. The van der Waals surface area contributed by atoms with Crippen LogP contribution in [0.2, 0.25) is 0 Å². The van der Waals surface area contributed by atoms with Gasteiger partial charge in [-0.2, -0.15) is 0 Å². The maximum Gasteiger partial charge on any atom is 0.260 e. The van der Waals surface area contributed by atoms with E-state index in [1.165, 1.54) is 14.2 Å². The normalized spacial score (nSPS) is 14.9. The van der Waals surface area contributed by atoms with Crippen LogP contribution in [0.5, 0.6) is 0 Å². The first-order chi connectivity index (χ1) is 17.6. The summed E-state index contributed by atoms with van der Waals surface area (Å²) in [4.78, 5) is 27.3.